The number of nitrogens with zero attached hydrogens (tertiary/aromatic N) is 3. The summed E-state index contributed by atoms with van der Waals surface area (Å²) in [6.07, 6.45) is 5.83. The summed E-state index contributed by atoms with van der Waals surface area (Å²) in [4.78, 5) is 18.4. The minimum atomic E-state index is -0.292. The summed E-state index contributed by atoms with van der Waals surface area (Å²) in [7, 11) is 1.69. The minimum absolute atomic E-state index is 0.292. The van der Waals surface area contributed by atoms with Gasteiger partial charge in [-0.25, -0.2) is 5.43 Å². The maximum absolute atomic E-state index is 12.1. The number of hydrogen-bond donors (Lipinski definition) is 1. The highest BCUT2D eigenvalue weighted by molar-refractivity contribution is 5.94. The van der Waals surface area contributed by atoms with Gasteiger partial charge in [-0.15, -0.1) is 0 Å². The summed E-state index contributed by atoms with van der Waals surface area (Å²) in [6, 6.07) is 17.9. The fourth-order valence-corrected chi connectivity index (χ4v) is 3.66. The Balaban J connectivity index is 1.44. The zero-order valence-electron chi connectivity index (χ0n) is 16.9. The van der Waals surface area contributed by atoms with E-state index in [4.69, 9.17) is 4.74 Å². The van der Waals surface area contributed by atoms with Gasteiger partial charge >= 0.3 is 0 Å². The van der Waals surface area contributed by atoms with Crippen molar-refractivity contribution in [3.8, 4) is 5.75 Å². The van der Waals surface area contributed by atoms with Crippen molar-refractivity contribution in [2.75, 3.05) is 13.7 Å². The number of pyridine rings is 1. The van der Waals surface area contributed by atoms with E-state index in [-0.39, 0.29) is 5.91 Å². The lowest BCUT2D eigenvalue weighted by Crippen LogP contribution is -2.30. The Bertz CT molecular complexity index is 1050. The standard InChI is InChI=1S/C24H24N4O2/c1-30-23-9-8-18(14-26-27-24(29)20-7-4-11-25-15-20)13-22(23)17-28-12-10-19-5-2-3-6-21(19)16-28/h2-9,11,13-15H,10,12,16-17H2,1H3,(H,27,29)/b26-14+. The molecule has 1 aromatic heterocycles. The number of methoxy groups -OCH3 is 1. The van der Waals surface area contributed by atoms with Gasteiger partial charge in [-0.2, -0.15) is 5.10 Å². The number of ether oxygens (including phenoxy) is 1. The van der Waals surface area contributed by atoms with E-state index < -0.39 is 0 Å². The second-order valence-electron chi connectivity index (χ2n) is 7.24. The molecule has 152 valence electrons. The molecule has 0 saturated carbocycles. The molecule has 4 rings (SSSR count). The summed E-state index contributed by atoms with van der Waals surface area (Å²) in [6.45, 7) is 2.74. The van der Waals surface area contributed by atoms with Crippen LogP contribution in [0.15, 0.2) is 72.1 Å². The van der Waals surface area contributed by atoms with Gasteiger partial charge in [-0.1, -0.05) is 24.3 Å². The fourth-order valence-electron chi connectivity index (χ4n) is 3.66. The van der Waals surface area contributed by atoms with Crippen LogP contribution in [-0.4, -0.2) is 35.7 Å². The Morgan fingerprint density at radius 1 is 1.20 bits per heavy atom. The average Bonchev–Trinajstić information content (AvgIpc) is 2.80. The molecule has 2 heterocycles. The van der Waals surface area contributed by atoms with E-state index in [2.05, 4.69) is 50.7 Å². The highest BCUT2D eigenvalue weighted by Crippen LogP contribution is 2.25. The molecule has 1 aliphatic rings. The van der Waals surface area contributed by atoms with Crippen molar-refractivity contribution in [1.29, 1.82) is 0 Å². The van der Waals surface area contributed by atoms with E-state index >= 15 is 0 Å². The summed E-state index contributed by atoms with van der Waals surface area (Å²) in [5, 5.41) is 4.08. The number of aromatic nitrogens is 1. The van der Waals surface area contributed by atoms with Gasteiger partial charge in [0.05, 0.1) is 18.9 Å². The predicted octanol–water partition coefficient (Wildman–Crippen LogP) is 3.41. The van der Waals surface area contributed by atoms with Gasteiger partial charge in [0, 0.05) is 37.6 Å². The first-order valence-electron chi connectivity index (χ1n) is 9.92. The Labute approximate surface area is 176 Å². The Kier molecular flexibility index (Phi) is 6.15. The SMILES string of the molecule is COc1ccc(/C=N/NC(=O)c2cccnc2)cc1CN1CCc2ccccc2C1. The van der Waals surface area contributed by atoms with Crippen LogP contribution in [0.3, 0.4) is 0 Å². The third kappa shape index (κ3) is 4.72. The number of amides is 1. The highest BCUT2D eigenvalue weighted by Gasteiger charge is 2.17. The highest BCUT2D eigenvalue weighted by atomic mass is 16.5. The zero-order chi connectivity index (χ0) is 20.8. The molecule has 0 fully saturated rings. The first kappa shape index (κ1) is 19.8. The summed E-state index contributed by atoms with van der Waals surface area (Å²) in [5.41, 5.74) is 7.82. The fraction of sp³-hybridized carbons (Fsp3) is 0.208. The van der Waals surface area contributed by atoms with Crippen molar-refractivity contribution < 1.29 is 9.53 Å². The largest absolute Gasteiger partial charge is 0.496 e. The van der Waals surface area contributed by atoms with Crippen molar-refractivity contribution in [1.82, 2.24) is 15.3 Å². The zero-order valence-corrected chi connectivity index (χ0v) is 16.9. The van der Waals surface area contributed by atoms with Crippen LogP contribution < -0.4 is 10.2 Å². The van der Waals surface area contributed by atoms with Crippen LogP contribution in [0.1, 0.15) is 32.6 Å². The lowest BCUT2D eigenvalue weighted by Gasteiger charge is -2.29. The predicted molar refractivity (Wildman–Crippen MR) is 117 cm³/mol. The van der Waals surface area contributed by atoms with Gasteiger partial charge in [0.25, 0.3) is 5.91 Å². The Morgan fingerprint density at radius 3 is 2.87 bits per heavy atom. The van der Waals surface area contributed by atoms with Gasteiger partial charge in [0.15, 0.2) is 0 Å². The molecular formula is C24H24N4O2. The summed E-state index contributed by atoms with van der Waals surface area (Å²) < 4.78 is 5.56. The van der Waals surface area contributed by atoms with Crippen molar-refractivity contribution in [3.05, 3.63) is 94.8 Å². The van der Waals surface area contributed by atoms with Crippen LogP contribution in [0.5, 0.6) is 5.75 Å². The van der Waals surface area contributed by atoms with Crippen molar-refractivity contribution in [2.24, 2.45) is 5.10 Å². The molecule has 0 unspecified atom stereocenters. The number of hydrogen-bond acceptors (Lipinski definition) is 5. The third-order valence-electron chi connectivity index (χ3n) is 5.21. The molecular weight excluding hydrogens is 376 g/mol. The van der Waals surface area contributed by atoms with Gasteiger partial charge < -0.3 is 4.74 Å². The average molecular weight is 400 g/mol. The van der Waals surface area contributed by atoms with Crippen LogP contribution in [0.4, 0.5) is 0 Å². The van der Waals surface area contributed by atoms with E-state index in [1.54, 1.807) is 31.7 Å². The quantitative estimate of drug-likeness (QED) is 0.509. The molecule has 1 aliphatic heterocycles. The topological polar surface area (TPSA) is 66.8 Å². The van der Waals surface area contributed by atoms with Crippen LogP contribution in [0.2, 0.25) is 0 Å². The van der Waals surface area contributed by atoms with Gasteiger partial charge in [0.1, 0.15) is 5.75 Å². The number of fused-ring (bicyclic) bond motifs is 1. The normalized spacial score (nSPS) is 13.8. The smallest absolute Gasteiger partial charge is 0.272 e. The maximum atomic E-state index is 12.1. The number of carbonyl (C=O) groups is 1. The van der Waals surface area contributed by atoms with Crippen molar-refractivity contribution in [2.45, 2.75) is 19.5 Å². The van der Waals surface area contributed by atoms with E-state index in [1.807, 2.05) is 12.1 Å². The van der Waals surface area contributed by atoms with Gasteiger partial charge in [-0.3, -0.25) is 14.7 Å². The molecule has 30 heavy (non-hydrogen) atoms. The second-order valence-corrected chi connectivity index (χ2v) is 7.24. The molecule has 0 aliphatic carbocycles. The van der Waals surface area contributed by atoms with Crippen LogP contribution in [-0.2, 0) is 19.5 Å². The monoisotopic (exact) mass is 400 g/mol. The van der Waals surface area contributed by atoms with E-state index in [9.17, 15) is 4.79 Å². The molecule has 2 aromatic carbocycles. The lowest BCUT2D eigenvalue weighted by molar-refractivity contribution is 0.0955. The molecule has 1 amide bonds. The Morgan fingerprint density at radius 2 is 2.07 bits per heavy atom. The molecule has 0 spiro atoms. The van der Waals surface area contributed by atoms with Crippen molar-refractivity contribution >= 4 is 12.1 Å². The van der Waals surface area contributed by atoms with Crippen LogP contribution >= 0.6 is 0 Å². The number of benzene rings is 2. The number of nitrogens with one attached hydrogen (secondary N) is 1. The molecule has 0 saturated heterocycles. The van der Waals surface area contributed by atoms with E-state index in [1.165, 1.54) is 17.3 Å². The number of rotatable bonds is 6. The first-order chi connectivity index (χ1) is 14.7. The van der Waals surface area contributed by atoms with Crippen LogP contribution in [0, 0.1) is 0 Å². The van der Waals surface area contributed by atoms with Crippen LogP contribution in [0.25, 0.3) is 0 Å². The van der Waals surface area contributed by atoms with E-state index in [0.717, 1.165) is 42.9 Å². The maximum Gasteiger partial charge on any atom is 0.272 e. The lowest BCUT2D eigenvalue weighted by atomic mass is 9.99. The molecule has 3 aromatic rings. The minimum Gasteiger partial charge on any atom is -0.496 e. The molecule has 6 nitrogen and oxygen atoms in total. The first-order valence-corrected chi connectivity index (χ1v) is 9.92. The van der Waals surface area contributed by atoms with Crippen molar-refractivity contribution in [3.63, 3.8) is 0 Å². The van der Waals surface area contributed by atoms with Gasteiger partial charge in [0.2, 0.25) is 0 Å². The Hall–Kier alpha value is -3.51. The molecule has 0 radical (unpaired) electrons. The molecule has 6 heteroatoms. The molecule has 1 N–H and O–H groups in total. The second kappa shape index (κ2) is 9.33. The summed E-state index contributed by atoms with van der Waals surface area (Å²) in [5.74, 6) is 0.561. The van der Waals surface area contributed by atoms with E-state index in [0.29, 0.717) is 5.56 Å². The summed E-state index contributed by atoms with van der Waals surface area (Å²) >= 11 is 0. The number of hydrazone groups is 1. The molecule has 0 atom stereocenters. The van der Waals surface area contributed by atoms with Gasteiger partial charge in [-0.05, 0) is 53.4 Å². The molecule has 0 bridgehead atoms. The number of carbonyl (C=O) groups excluding carboxylic acids is 1. The third-order valence-corrected chi connectivity index (χ3v) is 5.21.